The summed E-state index contributed by atoms with van der Waals surface area (Å²) in [6.07, 6.45) is -2.53. The predicted molar refractivity (Wildman–Crippen MR) is 111 cm³/mol. The lowest BCUT2D eigenvalue weighted by Gasteiger charge is -2.08. The third kappa shape index (κ3) is 3.80. The standard InChI is InChI=1S/C23H16F3NO2S/c1-13-17-6-3-7-18(19-12-15(22(28)29)8-9-27-19)21(17)30-20(13)11-14-4-2-5-16(10-14)23(24,25)26/h2-10,12H,11H2,1H3,(H,28,29). The second-order valence-electron chi connectivity index (χ2n) is 6.94. The molecular weight excluding hydrogens is 411 g/mol. The highest BCUT2D eigenvalue weighted by Gasteiger charge is 2.30. The third-order valence-electron chi connectivity index (χ3n) is 4.96. The molecule has 0 atom stereocenters. The van der Waals surface area contributed by atoms with Crippen molar-refractivity contribution < 1.29 is 23.1 Å². The molecule has 0 fully saturated rings. The fraction of sp³-hybridized carbons (Fsp3) is 0.130. The largest absolute Gasteiger partial charge is 0.478 e. The number of halogens is 3. The predicted octanol–water partition coefficient (Wildman–Crippen LogP) is 6.58. The molecule has 0 amide bonds. The van der Waals surface area contributed by atoms with Gasteiger partial charge in [-0.05, 0) is 41.6 Å². The number of hydrogen-bond donors (Lipinski definition) is 1. The first-order valence-corrected chi connectivity index (χ1v) is 9.92. The lowest BCUT2D eigenvalue weighted by molar-refractivity contribution is -0.137. The SMILES string of the molecule is Cc1c(Cc2cccc(C(F)(F)F)c2)sc2c(-c3cc(C(=O)O)ccn3)cccc12. The molecular formula is C23H16F3NO2S. The van der Waals surface area contributed by atoms with Crippen LogP contribution < -0.4 is 0 Å². The van der Waals surface area contributed by atoms with E-state index in [2.05, 4.69) is 4.98 Å². The Hall–Kier alpha value is -3.19. The van der Waals surface area contributed by atoms with E-state index in [1.165, 1.54) is 41.8 Å². The Morgan fingerprint density at radius 3 is 2.60 bits per heavy atom. The Bertz CT molecular complexity index is 1260. The van der Waals surface area contributed by atoms with Crippen molar-refractivity contribution in [3.63, 3.8) is 0 Å². The molecule has 2 aromatic heterocycles. The molecule has 0 unspecified atom stereocenters. The van der Waals surface area contributed by atoms with Crippen LogP contribution in [0.2, 0.25) is 0 Å². The quantitative estimate of drug-likeness (QED) is 0.400. The summed E-state index contributed by atoms with van der Waals surface area (Å²) in [6.45, 7) is 1.95. The van der Waals surface area contributed by atoms with Gasteiger partial charge in [-0.15, -0.1) is 11.3 Å². The van der Waals surface area contributed by atoms with E-state index >= 15 is 0 Å². The Balaban J connectivity index is 1.78. The van der Waals surface area contributed by atoms with Gasteiger partial charge in [0.15, 0.2) is 0 Å². The number of fused-ring (bicyclic) bond motifs is 1. The van der Waals surface area contributed by atoms with Gasteiger partial charge < -0.3 is 5.11 Å². The second-order valence-corrected chi connectivity index (χ2v) is 8.05. The number of carbonyl (C=O) groups is 1. The number of aryl methyl sites for hydroxylation is 1. The van der Waals surface area contributed by atoms with Crippen molar-refractivity contribution in [1.82, 2.24) is 4.98 Å². The minimum absolute atomic E-state index is 0.148. The van der Waals surface area contributed by atoms with Gasteiger partial charge in [-0.25, -0.2) is 4.79 Å². The first-order chi connectivity index (χ1) is 14.2. The second kappa shape index (κ2) is 7.57. The number of pyridine rings is 1. The van der Waals surface area contributed by atoms with E-state index in [-0.39, 0.29) is 5.56 Å². The van der Waals surface area contributed by atoms with E-state index < -0.39 is 17.7 Å². The van der Waals surface area contributed by atoms with Crippen LogP contribution in [-0.2, 0) is 12.6 Å². The van der Waals surface area contributed by atoms with Crippen LogP contribution in [0.3, 0.4) is 0 Å². The molecule has 0 aliphatic carbocycles. The van der Waals surface area contributed by atoms with Crippen molar-refractivity contribution in [1.29, 1.82) is 0 Å². The van der Waals surface area contributed by atoms with Crippen molar-refractivity contribution in [2.75, 3.05) is 0 Å². The Labute approximate surface area is 174 Å². The molecule has 4 rings (SSSR count). The number of alkyl halides is 3. The number of hydrogen-bond acceptors (Lipinski definition) is 3. The zero-order chi connectivity index (χ0) is 21.5. The summed E-state index contributed by atoms with van der Waals surface area (Å²) < 4.78 is 40.0. The van der Waals surface area contributed by atoms with Gasteiger partial charge in [-0.3, -0.25) is 4.98 Å². The van der Waals surface area contributed by atoms with Crippen molar-refractivity contribution in [3.05, 3.63) is 87.9 Å². The van der Waals surface area contributed by atoms with Gasteiger partial charge in [-0.2, -0.15) is 13.2 Å². The summed E-state index contributed by atoms with van der Waals surface area (Å²) in [5.41, 5.74) is 2.44. The van der Waals surface area contributed by atoms with Crippen molar-refractivity contribution >= 4 is 27.4 Å². The topological polar surface area (TPSA) is 50.2 Å². The van der Waals surface area contributed by atoms with E-state index in [0.29, 0.717) is 17.7 Å². The molecule has 4 aromatic rings. The van der Waals surface area contributed by atoms with Gasteiger partial charge in [0.05, 0.1) is 16.8 Å². The van der Waals surface area contributed by atoms with Crippen LogP contribution >= 0.6 is 11.3 Å². The molecule has 2 aromatic carbocycles. The number of aromatic nitrogens is 1. The Morgan fingerprint density at radius 1 is 1.10 bits per heavy atom. The summed E-state index contributed by atoms with van der Waals surface area (Å²) in [7, 11) is 0. The van der Waals surface area contributed by atoms with Crippen LogP contribution in [0.15, 0.2) is 60.8 Å². The van der Waals surface area contributed by atoms with Crippen LogP contribution in [0.25, 0.3) is 21.3 Å². The number of aromatic carboxylic acids is 1. The average molecular weight is 427 g/mol. The van der Waals surface area contributed by atoms with Crippen molar-refractivity contribution in [2.24, 2.45) is 0 Å². The summed E-state index contributed by atoms with van der Waals surface area (Å²) >= 11 is 1.50. The summed E-state index contributed by atoms with van der Waals surface area (Å²) in [5.74, 6) is -1.03. The summed E-state index contributed by atoms with van der Waals surface area (Å²) in [6, 6.07) is 14.0. The van der Waals surface area contributed by atoms with Gasteiger partial charge >= 0.3 is 12.1 Å². The molecule has 0 saturated carbocycles. The van der Waals surface area contributed by atoms with Crippen LogP contribution in [0.5, 0.6) is 0 Å². The maximum atomic E-state index is 13.0. The van der Waals surface area contributed by atoms with E-state index in [9.17, 15) is 23.1 Å². The maximum absolute atomic E-state index is 13.0. The van der Waals surface area contributed by atoms with Gasteiger partial charge in [0, 0.05) is 27.8 Å². The minimum Gasteiger partial charge on any atom is -0.478 e. The first kappa shape index (κ1) is 20.1. The van der Waals surface area contributed by atoms with E-state index in [4.69, 9.17) is 0 Å². The Kier molecular flexibility index (Phi) is 5.07. The lowest BCUT2D eigenvalue weighted by Crippen LogP contribution is -2.05. The third-order valence-corrected chi connectivity index (χ3v) is 6.31. The molecule has 0 saturated heterocycles. The summed E-state index contributed by atoms with van der Waals surface area (Å²) in [4.78, 5) is 16.6. The van der Waals surface area contributed by atoms with Crippen molar-refractivity contribution in [2.45, 2.75) is 19.5 Å². The monoisotopic (exact) mass is 427 g/mol. The normalized spacial score (nSPS) is 11.7. The molecule has 152 valence electrons. The van der Waals surface area contributed by atoms with Gasteiger partial charge in [-0.1, -0.05) is 36.4 Å². The van der Waals surface area contributed by atoms with Crippen molar-refractivity contribution in [3.8, 4) is 11.3 Å². The minimum atomic E-state index is -4.38. The fourth-order valence-corrected chi connectivity index (χ4v) is 4.78. The van der Waals surface area contributed by atoms with Gasteiger partial charge in [0.1, 0.15) is 0 Å². The molecule has 2 heterocycles. The van der Waals surface area contributed by atoms with Gasteiger partial charge in [0.2, 0.25) is 0 Å². The van der Waals surface area contributed by atoms with E-state index in [1.54, 1.807) is 6.07 Å². The number of rotatable bonds is 4. The van der Waals surface area contributed by atoms with Crippen LogP contribution in [0.4, 0.5) is 13.2 Å². The highest BCUT2D eigenvalue weighted by molar-refractivity contribution is 7.19. The zero-order valence-corrected chi connectivity index (χ0v) is 16.6. The van der Waals surface area contributed by atoms with E-state index in [0.717, 1.165) is 32.2 Å². The molecule has 30 heavy (non-hydrogen) atoms. The van der Waals surface area contributed by atoms with Gasteiger partial charge in [0.25, 0.3) is 0 Å². The molecule has 0 spiro atoms. The smallest absolute Gasteiger partial charge is 0.416 e. The number of carboxylic acid groups (broad SMARTS) is 1. The van der Waals surface area contributed by atoms with E-state index in [1.807, 2.05) is 25.1 Å². The molecule has 0 aliphatic heterocycles. The molecule has 0 aliphatic rings. The molecule has 0 bridgehead atoms. The Morgan fingerprint density at radius 2 is 1.87 bits per heavy atom. The summed E-state index contributed by atoms with van der Waals surface area (Å²) in [5, 5.41) is 10.2. The molecule has 3 nitrogen and oxygen atoms in total. The molecule has 7 heteroatoms. The van der Waals surface area contributed by atoms with Crippen LogP contribution in [-0.4, -0.2) is 16.1 Å². The average Bonchev–Trinajstić information content (AvgIpc) is 3.03. The lowest BCUT2D eigenvalue weighted by atomic mass is 10.0. The van der Waals surface area contributed by atoms with Crippen LogP contribution in [0, 0.1) is 6.92 Å². The molecule has 1 N–H and O–H groups in total. The zero-order valence-electron chi connectivity index (χ0n) is 15.8. The maximum Gasteiger partial charge on any atom is 0.416 e. The number of nitrogens with zero attached hydrogens (tertiary/aromatic N) is 1. The highest BCUT2D eigenvalue weighted by atomic mass is 32.1. The number of benzene rings is 2. The van der Waals surface area contributed by atoms with Crippen LogP contribution in [0.1, 0.15) is 31.9 Å². The molecule has 0 radical (unpaired) electrons. The fourth-order valence-electron chi connectivity index (χ4n) is 3.42. The highest BCUT2D eigenvalue weighted by Crippen LogP contribution is 2.39. The number of carboxylic acids is 1. The first-order valence-electron chi connectivity index (χ1n) is 9.11. The number of thiophene rings is 1.